The highest BCUT2D eigenvalue weighted by atomic mass is 16.3. The molecule has 0 spiro atoms. The molecule has 1 saturated carbocycles. The molecule has 0 saturated heterocycles. The number of rotatable bonds is 5. The van der Waals surface area contributed by atoms with Crippen molar-refractivity contribution in [2.24, 2.45) is 5.92 Å². The fraction of sp³-hybridized carbons (Fsp3) is 1.00. The van der Waals surface area contributed by atoms with Gasteiger partial charge in [-0.1, -0.05) is 26.7 Å². The Bertz CT molecular complexity index is 137. The average Bonchev–Trinajstić information content (AvgIpc) is 2.86. The maximum atomic E-state index is 9.92. The monoisotopic (exact) mass is 172 g/mol. The molecular weight excluding hydrogens is 152 g/mol. The van der Waals surface area contributed by atoms with Gasteiger partial charge in [-0.3, -0.25) is 0 Å². The van der Waals surface area contributed by atoms with Gasteiger partial charge < -0.3 is 10.2 Å². The molecule has 12 heavy (non-hydrogen) atoms. The molecule has 1 fully saturated rings. The van der Waals surface area contributed by atoms with Gasteiger partial charge in [0.2, 0.25) is 0 Å². The number of aliphatic hydroxyl groups excluding tert-OH is 1. The van der Waals surface area contributed by atoms with E-state index in [4.69, 9.17) is 0 Å². The first-order valence-electron chi connectivity index (χ1n) is 5.02. The molecule has 0 aromatic heterocycles. The Balaban J connectivity index is 2.39. The summed E-state index contributed by atoms with van der Waals surface area (Å²) < 4.78 is 0. The van der Waals surface area contributed by atoms with Gasteiger partial charge in [0.25, 0.3) is 0 Å². The van der Waals surface area contributed by atoms with Crippen LogP contribution in [0, 0.1) is 5.92 Å². The zero-order valence-electron chi connectivity index (χ0n) is 8.08. The van der Waals surface area contributed by atoms with Crippen LogP contribution in [-0.4, -0.2) is 21.9 Å². The molecule has 0 aromatic rings. The third kappa shape index (κ3) is 2.20. The third-order valence-corrected chi connectivity index (χ3v) is 3.10. The third-order valence-electron chi connectivity index (χ3n) is 3.10. The van der Waals surface area contributed by atoms with Gasteiger partial charge in [0.1, 0.15) is 0 Å². The second-order valence-electron chi connectivity index (χ2n) is 4.01. The highest BCUT2D eigenvalue weighted by Gasteiger charge is 2.36. The van der Waals surface area contributed by atoms with Crippen molar-refractivity contribution in [1.82, 2.24) is 0 Å². The van der Waals surface area contributed by atoms with Crippen LogP contribution in [0.5, 0.6) is 0 Å². The molecule has 1 aliphatic rings. The highest BCUT2D eigenvalue weighted by molar-refractivity contribution is 4.88. The summed E-state index contributed by atoms with van der Waals surface area (Å²) in [7, 11) is 0. The molecule has 2 nitrogen and oxygen atoms in total. The molecule has 0 amide bonds. The van der Waals surface area contributed by atoms with Crippen molar-refractivity contribution in [3.05, 3.63) is 0 Å². The summed E-state index contributed by atoms with van der Waals surface area (Å²) in [4.78, 5) is 0. The van der Waals surface area contributed by atoms with Crippen molar-refractivity contribution in [3.63, 3.8) is 0 Å². The fourth-order valence-electron chi connectivity index (χ4n) is 1.61. The lowest BCUT2D eigenvalue weighted by atomic mass is 9.88. The summed E-state index contributed by atoms with van der Waals surface area (Å²) in [5, 5.41) is 19.7. The molecule has 0 bridgehead atoms. The topological polar surface area (TPSA) is 40.5 Å². The second kappa shape index (κ2) is 3.75. The minimum Gasteiger partial charge on any atom is -0.390 e. The minimum absolute atomic E-state index is 0.514. The van der Waals surface area contributed by atoms with E-state index in [9.17, 15) is 10.2 Å². The van der Waals surface area contributed by atoms with Gasteiger partial charge >= 0.3 is 0 Å². The van der Waals surface area contributed by atoms with Gasteiger partial charge in [0.15, 0.2) is 0 Å². The lowest BCUT2D eigenvalue weighted by molar-refractivity contribution is -0.0848. The van der Waals surface area contributed by atoms with E-state index in [0.717, 1.165) is 6.42 Å². The van der Waals surface area contributed by atoms with Gasteiger partial charge in [-0.2, -0.15) is 0 Å². The largest absolute Gasteiger partial charge is 0.390 e. The van der Waals surface area contributed by atoms with Crippen molar-refractivity contribution < 1.29 is 10.2 Å². The van der Waals surface area contributed by atoms with E-state index in [2.05, 4.69) is 0 Å². The SMILES string of the molecule is CCC(O)(CC)C(O)CC1CC1. The molecule has 1 rings (SSSR count). The Morgan fingerprint density at radius 2 is 1.83 bits per heavy atom. The first-order valence-corrected chi connectivity index (χ1v) is 5.02. The summed E-state index contributed by atoms with van der Waals surface area (Å²) in [6.45, 7) is 3.86. The van der Waals surface area contributed by atoms with Crippen LogP contribution < -0.4 is 0 Å². The smallest absolute Gasteiger partial charge is 0.0900 e. The van der Waals surface area contributed by atoms with Crippen LogP contribution in [0.1, 0.15) is 46.0 Å². The maximum Gasteiger partial charge on any atom is 0.0900 e. The zero-order chi connectivity index (χ0) is 9.19. The lowest BCUT2D eigenvalue weighted by Crippen LogP contribution is -2.41. The van der Waals surface area contributed by atoms with Crippen LogP contribution in [0.4, 0.5) is 0 Å². The van der Waals surface area contributed by atoms with Crippen LogP contribution in [0.3, 0.4) is 0 Å². The molecule has 0 heterocycles. The van der Waals surface area contributed by atoms with E-state index < -0.39 is 11.7 Å². The quantitative estimate of drug-likeness (QED) is 0.662. The minimum atomic E-state index is -0.831. The molecule has 0 aliphatic heterocycles. The Labute approximate surface area is 74.6 Å². The average molecular weight is 172 g/mol. The van der Waals surface area contributed by atoms with Crippen LogP contribution in [0.15, 0.2) is 0 Å². The molecular formula is C10H20O2. The zero-order valence-corrected chi connectivity index (χ0v) is 8.08. The molecule has 72 valence electrons. The van der Waals surface area contributed by atoms with E-state index in [0.29, 0.717) is 18.8 Å². The Kier molecular flexibility index (Phi) is 3.13. The van der Waals surface area contributed by atoms with Crippen molar-refractivity contribution >= 4 is 0 Å². The standard InChI is InChI=1S/C10H20O2/c1-3-10(12,4-2)9(11)7-8-5-6-8/h8-9,11-12H,3-7H2,1-2H3. The van der Waals surface area contributed by atoms with E-state index in [1.165, 1.54) is 12.8 Å². The summed E-state index contributed by atoms with van der Waals surface area (Å²) in [6, 6.07) is 0. The Hall–Kier alpha value is -0.0800. The second-order valence-corrected chi connectivity index (χ2v) is 4.01. The van der Waals surface area contributed by atoms with Crippen LogP contribution in [0.2, 0.25) is 0 Å². The van der Waals surface area contributed by atoms with Crippen molar-refractivity contribution in [1.29, 1.82) is 0 Å². The van der Waals surface area contributed by atoms with Crippen LogP contribution in [0.25, 0.3) is 0 Å². The molecule has 2 N–H and O–H groups in total. The lowest BCUT2D eigenvalue weighted by Gasteiger charge is -2.31. The Morgan fingerprint density at radius 1 is 1.33 bits per heavy atom. The molecule has 1 atom stereocenters. The predicted molar refractivity (Wildman–Crippen MR) is 48.9 cm³/mol. The molecule has 0 aromatic carbocycles. The van der Waals surface area contributed by atoms with E-state index in [1.807, 2.05) is 13.8 Å². The first-order chi connectivity index (χ1) is 5.62. The molecule has 1 unspecified atom stereocenters. The van der Waals surface area contributed by atoms with E-state index in [1.54, 1.807) is 0 Å². The van der Waals surface area contributed by atoms with Gasteiger partial charge in [0, 0.05) is 0 Å². The van der Waals surface area contributed by atoms with Crippen molar-refractivity contribution in [2.45, 2.75) is 57.7 Å². The molecule has 2 heteroatoms. The summed E-state index contributed by atoms with van der Waals surface area (Å²) >= 11 is 0. The first kappa shape index (κ1) is 10.0. The van der Waals surface area contributed by atoms with E-state index in [-0.39, 0.29) is 0 Å². The normalized spacial score (nSPS) is 21.0. The number of hydrogen-bond acceptors (Lipinski definition) is 2. The number of aliphatic hydroxyl groups is 2. The maximum absolute atomic E-state index is 9.92. The molecule has 1 aliphatic carbocycles. The Morgan fingerprint density at radius 3 is 2.17 bits per heavy atom. The summed E-state index contributed by atoms with van der Waals surface area (Å²) in [5.41, 5.74) is -0.831. The number of hydrogen-bond donors (Lipinski definition) is 2. The fourth-order valence-corrected chi connectivity index (χ4v) is 1.61. The van der Waals surface area contributed by atoms with Crippen molar-refractivity contribution in [3.8, 4) is 0 Å². The summed E-state index contributed by atoms with van der Waals surface area (Å²) in [6.07, 6.45) is 4.05. The van der Waals surface area contributed by atoms with Crippen molar-refractivity contribution in [2.75, 3.05) is 0 Å². The summed E-state index contributed by atoms with van der Waals surface area (Å²) in [5.74, 6) is 0.685. The van der Waals surface area contributed by atoms with Gasteiger partial charge in [-0.05, 0) is 25.2 Å². The van der Waals surface area contributed by atoms with Crippen LogP contribution in [-0.2, 0) is 0 Å². The highest BCUT2D eigenvalue weighted by Crippen LogP contribution is 2.36. The van der Waals surface area contributed by atoms with Gasteiger partial charge in [0.05, 0.1) is 11.7 Å². The van der Waals surface area contributed by atoms with Gasteiger partial charge in [-0.25, -0.2) is 0 Å². The molecule has 0 radical (unpaired) electrons. The van der Waals surface area contributed by atoms with Crippen LogP contribution >= 0.6 is 0 Å². The van der Waals surface area contributed by atoms with Gasteiger partial charge in [-0.15, -0.1) is 0 Å². The predicted octanol–water partition coefficient (Wildman–Crippen LogP) is 1.70. The van der Waals surface area contributed by atoms with E-state index >= 15 is 0 Å².